The highest BCUT2D eigenvalue weighted by atomic mass is 16.5. The lowest BCUT2D eigenvalue weighted by Gasteiger charge is -2.17. The summed E-state index contributed by atoms with van der Waals surface area (Å²) in [7, 11) is 3.61. The Kier molecular flexibility index (Phi) is 5.85. The highest BCUT2D eigenvalue weighted by Gasteiger charge is 2.13. The average Bonchev–Trinajstić information content (AvgIpc) is 2.80. The van der Waals surface area contributed by atoms with Gasteiger partial charge < -0.3 is 14.4 Å². The molecule has 150 valence electrons. The molecular formula is C24H22N4O2. The van der Waals surface area contributed by atoms with E-state index in [2.05, 4.69) is 27.1 Å². The summed E-state index contributed by atoms with van der Waals surface area (Å²) >= 11 is 0. The van der Waals surface area contributed by atoms with E-state index in [-0.39, 0.29) is 0 Å². The van der Waals surface area contributed by atoms with Crippen LogP contribution in [-0.4, -0.2) is 29.1 Å². The summed E-state index contributed by atoms with van der Waals surface area (Å²) in [5.74, 6) is 2.36. The minimum atomic E-state index is 0.469. The highest BCUT2D eigenvalue weighted by molar-refractivity contribution is 5.74. The molecule has 0 amide bonds. The Balaban J connectivity index is 1.53. The van der Waals surface area contributed by atoms with Crippen LogP contribution < -0.4 is 14.4 Å². The molecule has 0 aliphatic heterocycles. The first-order valence-electron chi connectivity index (χ1n) is 9.58. The fourth-order valence-corrected chi connectivity index (χ4v) is 3.14. The van der Waals surface area contributed by atoms with Gasteiger partial charge in [-0.3, -0.25) is 0 Å². The molecule has 0 radical (unpaired) electrons. The molecule has 0 saturated carbocycles. The van der Waals surface area contributed by atoms with Crippen LogP contribution in [0.4, 0.5) is 5.95 Å². The molecule has 6 heteroatoms. The van der Waals surface area contributed by atoms with Gasteiger partial charge in [-0.2, -0.15) is 0 Å². The van der Waals surface area contributed by atoms with Gasteiger partial charge >= 0.3 is 0 Å². The van der Waals surface area contributed by atoms with Crippen molar-refractivity contribution in [3.63, 3.8) is 0 Å². The molecule has 0 spiro atoms. The Labute approximate surface area is 175 Å². The van der Waals surface area contributed by atoms with Crippen LogP contribution in [0.3, 0.4) is 0 Å². The quantitative estimate of drug-likeness (QED) is 0.438. The Bertz CT molecular complexity index is 1100. The number of benzene rings is 2. The van der Waals surface area contributed by atoms with Gasteiger partial charge in [0.25, 0.3) is 0 Å². The van der Waals surface area contributed by atoms with Crippen molar-refractivity contribution in [1.29, 1.82) is 0 Å². The van der Waals surface area contributed by atoms with Gasteiger partial charge in [0.05, 0.1) is 19.5 Å². The van der Waals surface area contributed by atoms with Crippen LogP contribution in [0.2, 0.25) is 0 Å². The van der Waals surface area contributed by atoms with Crippen molar-refractivity contribution in [2.24, 2.45) is 0 Å². The molecular weight excluding hydrogens is 376 g/mol. The first-order chi connectivity index (χ1) is 14.7. The molecule has 0 unspecified atom stereocenters. The predicted octanol–water partition coefficient (Wildman–Crippen LogP) is 4.98. The van der Waals surface area contributed by atoms with Crippen LogP contribution in [0.1, 0.15) is 5.56 Å². The van der Waals surface area contributed by atoms with Crippen molar-refractivity contribution >= 4 is 5.95 Å². The summed E-state index contributed by atoms with van der Waals surface area (Å²) in [5.41, 5.74) is 2.93. The van der Waals surface area contributed by atoms with E-state index in [4.69, 9.17) is 9.47 Å². The Morgan fingerprint density at radius 2 is 1.50 bits per heavy atom. The van der Waals surface area contributed by atoms with Crippen molar-refractivity contribution in [2.75, 3.05) is 19.1 Å². The van der Waals surface area contributed by atoms with Crippen LogP contribution in [0, 0.1) is 0 Å². The molecule has 0 bridgehead atoms. The van der Waals surface area contributed by atoms with E-state index in [1.807, 2.05) is 66.5 Å². The Hall–Kier alpha value is -3.93. The van der Waals surface area contributed by atoms with Crippen molar-refractivity contribution in [3.8, 4) is 28.5 Å². The molecule has 0 aliphatic carbocycles. The molecule has 6 nitrogen and oxygen atoms in total. The highest BCUT2D eigenvalue weighted by Crippen LogP contribution is 2.36. The molecule has 30 heavy (non-hydrogen) atoms. The molecule has 0 N–H and O–H groups in total. The maximum atomic E-state index is 6.01. The van der Waals surface area contributed by atoms with E-state index in [9.17, 15) is 0 Å². The van der Waals surface area contributed by atoms with Gasteiger partial charge in [-0.1, -0.05) is 48.5 Å². The predicted molar refractivity (Wildman–Crippen MR) is 117 cm³/mol. The van der Waals surface area contributed by atoms with Crippen LogP contribution in [0.25, 0.3) is 11.1 Å². The number of methoxy groups -OCH3 is 1. The second-order valence-electron chi connectivity index (χ2n) is 6.72. The number of hydrogen-bond acceptors (Lipinski definition) is 6. The third-order valence-electron chi connectivity index (χ3n) is 4.60. The molecule has 4 aromatic rings. The van der Waals surface area contributed by atoms with Crippen molar-refractivity contribution in [2.45, 2.75) is 6.54 Å². The number of hydrogen-bond donors (Lipinski definition) is 0. The Morgan fingerprint density at radius 1 is 0.800 bits per heavy atom. The standard InChI is InChI=1S/C24H22N4O2/c1-28(17-18-9-4-3-5-10-18)24-26-15-19(16-27-24)30-23-21(12-8-14-25-23)20-11-6-7-13-22(20)29-2/h3-16H,17H2,1-2H3. The number of anilines is 1. The summed E-state index contributed by atoms with van der Waals surface area (Å²) in [6.45, 7) is 0.721. The molecule has 2 aromatic carbocycles. The molecule has 0 fully saturated rings. The number of rotatable bonds is 7. The lowest BCUT2D eigenvalue weighted by molar-refractivity contribution is 0.415. The van der Waals surface area contributed by atoms with E-state index >= 15 is 0 Å². The van der Waals surface area contributed by atoms with Crippen LogP contribution >= 0.6 is 0 Å². The summed E-state index contributed by atoms with van der Waals surface area (Å²) < 4.78 is 11.5. The van der Waals surface area contributed by atoms with E-state index in [0.717, 1.165) is 23.4 Å². The summed E-state index contributed by atoms with van der Waals surface area (Å²) in [6, 6.07) is 21.8. The summed E-state index contributed by atoms with van der Waals surface area (Å²) in [6.07, 6.45) is 5.01. The molecule has 4 rings (SSSR count). The minimum Gasteiger partial charge on any atom is -0.496 e. The third-order valence-corrected chi connectivity index (χ3v) is 4.60. The average molecular weight is 398 g/mol. The second kappa shape index (κ2) is 9.05. The SMILES string of the molecule is COc1ccccc1-c1cccnc1Oc1cnc(N(C)Cc2ccccc2)nc1. The molecule has 0 aliphatic rings. The van der Waals surface area contributed by atoms with Crippen molar-refractivity contribution in [1.82, 2.24) is 15.0 Å². The second-order valence-corrected chi connectivity index (χ2v) is 6.72. The fraction of sp³-hybridized carbons (Fsp3) is 0.125. The van der Waals surface area contributed by atoms with Gasteiger partial charge in [0.1, 0.15) is 5.75 Å². The number of aromatic nitrogens is 3. The fourth-order valence-electron chi connectivity index (χ4n) is 3.14. The van der Waals surface area contributed by atoms with Gasteiger partial charge in [-0.15, -0.1) is 0 Å². The van der Waals surface area contributed by atoms with Crippen molar-refractivity contribution < 1.29 is 9.47 Å². The maximum Gasteiger partial charge on any atom is 0.227 e. The topological polar surface area (TPSA) is 60.4 Å². The van der Waals surface area contributed by atoms with Gasteiger partial charge in [0, 0.05) is 30.9 Å². The number of para-hydroxylation sites is 1. The number of pyridine rings is 1. The molecule has 2 heterocycles. The van der Waals surface area contributed by atoms with Gasteiger partial charge in [0.2, 0.25) is 11.8 Å². The summed E-state index contributed by atoms with van der Waals surface area (Å²) in [5, 5.41) is 0. The van der Waals surface area contributed by atoms with Gasteiger partial charge in [-0.25, -0.2) is 15.0 Å². The van der Waals surface area contributed by atoms with E-state index in [1.165, 1.54) is 5.56 Å². The lowest BCUT2D eigenvalue weighted by Crippen LogP contribution is -2.18. The van der Waals surface area contributed by atoms with Crippen LogP contribution in [-0.2, 0) is 6.54 Å². The largest absolute Gasteiger partial charge is 0.496 e. The molecule has 0 saturated heterocycles. The van der Waals surface area contributed by atoms with Gasteiger partial charge in [-0.05, 0) is 23.8 Å². The maximum absolute atomic E-state index is 6.01. The zero-order valence-corrected chi connectivity index (χ0v) is 16.9. The van der Waals surface area contributed by atoms with E-state index in [0.29, 0.717) is 17.6 Å². The number of ether oxygens (including phenoxy) is 2. The first kappa shape index (κ1) is 19.4. The van der Waals surface area contributed by atoms with E-state index in [1.54, 1.807) is 25.7 Å². The zero-order valence-electron chi connectivity index (χ0n) is 16.9. The molecule has 0 atom stereocenters. The van der Waals surface area contributed by atoms with Gasteiger partial charge in [0.15, 0.2) is 5.75 Å². The van der Waals surface area contributed by atoms with E-state index < -0.39 is 0 Å². The zero-order chi connectivity index (χ0) is 20.8. The summed E-state index contributed by atoms with van der Waals surface area (Å²) in [4.78, 5) is 15.3. The minimum absolute atomic E-state index is 0.469. The van der Waals surface area contributed by atoms with Crippen molar-refractivity contribution in [3.05, 3.63) is 90.9 Å². The first-order valence-corrected chi connectivity index (χ1v) is 9.58. The smallest absolute Gasteiger partial charge is 0.227 e. The number of nitrogens with zero attached hydrogens (tertiary/aromatic N) is 4. The Morgan fingerprint density at radius 3 is 2.27 bits per heavy atom. The lowest BCUT2D eigenvalue weighted by atomic mass is 10.1. The monoisotopic (exact) mass is 398 g/mol. The van der Waals surface area contributed by atoms with Crippen LogP contribution in [0.5, 0.6) is 17.4 Å². The van der Waals surface area contributed by atoms with Crippen LogP contribution in [0.15, 0.2) is 85.3 Å². The normalized spacial score (nSPS) is 10.5. The molecule has 2 aromatic heterocycles. The third kappa shape index (κ3) is 4.38.